The molecule has 0 fully saturated rings. The third-order valence-corrected chi connectivity index (χ3v) is 4.04. The molecule has 4 nitrogen and oxygen atoms in total. The molecule has 2 aromatic carbocycles. The number of benzene rings is 2. The lowest BCUT2D eigenvalue weighted by atomic mass is 10.0. The maximum atomic E-state index is 12.2. The van der Waals surface area contributed by atoms with Crippen LogP contribution in [0.15, 0.2) is 51.7 Å². The van der Waals surface area contributed by atoms with Crippen molar-refractivity contribution in [2.24, 2.45) is 0 Å². The normalized spacial score (nSPS) is 15.7. The second-order valence-electron chi connectivity index (χ2n) is 6.41. The number of oxazole rings is 1. The summed E-state index contributed by atoms with van der Waals surface area (Å²) in [6.07, 6.45) is 0.836. The first kappa shape index (κ1) is 13.2. The van der Waals surface area contributed by atoms with E-state index in [0.717, 1.165) is 28.8 Å². The zero-order chi connectivity index (χ0) is 15.3. The van der Waals surface area contributed by atoms with Crippen molar-refractivity contribution < 1.29 is 9.15 Å². The Morgan fingerprint density at radius 1 is 1.18 bits per heavy atom. The van der Waals surface area contributed by atoms with E-state index in [1.54, 1.807) is 4.57 Å². The average Bonchev–Trinajstić information content (AvgIpc) is 2.92. The number of aromatic nitrogens is 1. The number of nitrogens with zero attached hydrogens (tertiary/aromatic N) is 1. The highest BCUT2D eigenvalue weighted by atomic mass is 16.5. The molecule has 1 aliphatic rings. The van der Waals surface area contributed by atoms with Crippen LogP contribution in [0.4, 0.5) is 0 Å². The quantitative estimate of drug-likeness (QED) is 0.728. The largest absolute Gasteiger partial charge is 0.487 e. The topological polar surface area (TPSA) is 44.4 Å². The molecule has 4 rings (SSSR count). The van der Waals surface area contributed by atoms with Crippen LogP contribution in [0.25, 0.3) is 11.1 Å². The van der Waals surface area contributed by atoms with Gasteiger partial charge in [-0.15, -0.1) is 0 Å². The Kier molecular flexibility index (Phi) is 2.70. The molecule has 0 unspecified atom stereocenters. The monoisotopic (exact) mass is 295 g/mol. The minimum Gasteiger partial charge on any atom is -0.487 e. The molecule has 112 valence electrons. The first-order valence-electron chi connectivity index (χ1n) is 7.41. The molecule has 0 aliphatic carbocycles. The van der Waals surface area contributed by atoms with Gasteiger partial charge in [-0.05, 0) is 25.5 Å². The van der Waals surface area contributed by atoms with Gasteiger partial charge in [-0.1, -0.05) is 30.3 Å². The summed E-state index contributed by atoms with van der Waals surface area (Å²) in [5.41, 5.74) is 3.40. The zero-order valence-corrected chi connectivity index (χ0v) is 12.6. The fourth-order valence-corrected chi connectivity index (χ4v) is 3.07. The average molecular weight is 295 g/mol. The summed E-state index contributed by atoms with van der Waals surface area (Å²) < 4.78 is 13.0. The number of rotatable bonds is 2. The molecule has 0 atom stereocenters. The van der Waals surface area contributed by atoms with Crippen LogP contribution in [0.1, 0.15) is 25.0 Å². The van der Waals surface area contributed by atoms with E-state index in [1.807, 2.05) is 42.5 Å². The number of hydrogen-bond donors (Lipinski definition) is 0. The van der Waals surface area contributed by atoms with Crippen molar-refractivity contribution in [2.45, 2.75) is 32.4 Å². The van der Waals surface area contributed by atoms with Gasteiger partial charge in [0.1, 0.15) is 11.4 Å². The first-order valence-corrected chi connectivity index (χ1v) is 7.41. The molecule has 0 radical (unpaired) electrons. The maximum absolute atomic E-state index is 12.2. The van der Waals surface area contributed by atoms with Gasteiger partial charge in [-0.25, -0.2) is 4.79 Å². The Hall–Kier alpha value is -2.49. The van der Waals surface area contributed by atoms with E-state index < -0.39 is 0 Å². The van der Waals surface area contributed by atoms with Gasteiger partial charge in [0.05, 0.1) is 12.1 Å². The highest BCUT2D eigenvalue weighted by Crippen LogP contribution is 2.37. The lowest BCUT2D eigenvalue weighted by molar-refractivity contribution is 0.138. The lowest BCUT2D eigenvalue weighted by Crippen LogP contribution is -2.24. The molecular formula is C18H17NO3. The maximum Gasteiger partial charge on any atom is 0.420 e. The summed E-state index contributed by atoms with van der Waals surface area (Å²) in [4.78, 5) is 12.2. The second kappa shape index (κ2) is 4.50. The van der Waals surface area contributed by atoms with E-state index in [4.69, 9.17) is 9.15 Å². The van der Waals surface area contributed by atoms with Crippen LogP contribution in [-0.4, -0.2) is 10.2 Å². The molecule has 0 amide bonds. The highest BCUT2D eigenvalue weighted by molar-refractivity contribution is 5.77. The molecule has 0 saturated carbocycles. The van der Waals surface area contributed by atoms with Crippen LogP contribution in [0.2, 0.25) is 0 Å². The minimum atomic E-state index is -0.332. The summed E-state index contributed by atoms with van der Waals surface area (Å²) >= 11 is 0. The summed E-state index contributed by atoms with van der Waals surface area (Å²) in [6, 6.07) is 13.8. The van der Waals surface area contributed by atoms with Crippen LogP contribution in [0.3, 0.4) is 0 Å². The Labute approximate surface area is 127 Å². The van der Waals surface area contributed by atoms with Crippen LogP contribution < -0.4 is 10.5 Å². The Morgan fingerprint density at radius 3 is 2.73 bits per heavy atom. The molecule has 1 aromatic heterocycles. The fraction of sp³-hybridized carbons (Fsp3) is 0.278. The molecular weight excluding hydrogens is 278 g/mol. The molecule has 1 aliphatic heterocycles. The van der Waals surface area contributed by atoms with E-state index in [1.165, 1.54) is 0 Å². The number of hydrogen-bond acceptors (Lipinski definition) is 3. The van der Waals surface area contributed by atoms with E-state index in [0.29, 0.717) is 12.1 Å². The van der Waals surface area contributed by atoms with E-state index in [2.05, 4.69) is 13.8 Å². The molecule has 0 N–H and O–H groups in total. The van der Waals surface area contributed by atoms with E-state index >= 15 is 0 Å². The Morgan fingerprint density at radius 2 is 1.95 bits per heavy atom. The van der Waals surface area contributed by atoms with E-state index in [9.17, 15) is 4.79 Å². The van der Waals surface area contributed by atoms with Gasteiger partial charge < -0.3 is 9.15 Å². The van der Waals surface area contributed by atoms with Crippen molar-refractivity contribution in [2.75, 3.05) is 0 Å². The Balaban J connectivity index is 1.83. The number of fused-ring (bicyclic) bond motifs is 2. The smallest absolute Gasteiger partial charge is 0.420 e. The van der Waals surface area contributed by atoms with Gasteiger partial charge in [0.2, 0.25) is 0 Å². The van der Waals surface area contributed by atoms with Gasteiger partial charge in [-0.2, -0.15) is 0 Å². The third kappa shape index (κ3) is 2.11. The lowest BCUT2D eigenvalue weighted by Gasteiger charge is -2.16. The summed E-state index contributed by atoms with van der Waals surface area (Å²) in [6.45, 7) is 4.63. The van der Waals surface area contributed by atoms with Crippen LogP contribution in [-0.2, 0) is 13.0 Å². The van der Waals surface area contributed by atoms with Crippen LogP contribution in [0.5, 0.6) is 5.75 Å². The van der Waals surface area contributed by atoms with Gasteiger partial charge in [0.25, 0.3) is 0 Å². The predicted octanol–water partition coefficient (Wildman–Crippen LogP) is 3.36. The standard InChI is InChI=1S/C18H17NO3/c1-18(2)10-13-8-14-16(9-15(13)22-18)21-17(20)19(14)11-12-6-4-3-5-7-12/h3-9H,10-11H2,1-2H3. The molecule has 0 bridgehead atoms. The summed E-state index contributed by atoms with van der Waals surface area (Å²) in [7, 11) is 0. The number of ether oxygens (including phenoxy) is 1. The van der Waals surface area contributed by atoms with Gasteiger partial charge >= 0.3 is 5.76 Å². The first-order chi connectivity index (χ1) is 10.5. The van der Waals surface area contributed by atoms with Crippen LogP contribution >= 0.6 is 0 Å². The van der Waals surface area contributed by atoms with Gasteiger partial charge in [0.15, 0.2) is 5.58 Å². The second-order valence-corrected chi connectivity index (χ2v) is 6.41. The molecule has 0 saturated heterocycles. The fourth-order valence-electron chi connectivity index (χ4n) is 3.07. The summed E-state index contributed by atoms with van der Waals surface area (Å²) in [5.74, 6) is 0.486. The molecule has 3 aromatic rings. The SMILES string of the molecule is CC1(C)Cc2cc3c(cc2O1)oc(=O)n3Cc1ccccc1. The molecule has 22 heavy (non-hydrogen) atoms. The molecule has 4 heteroatoms. The Bertz CT molecular complexity index is 903. The van der Waals surface area contributed by atoms with Crippen LogP contribution in [0, 0.1) is 0 Å². The van der Waals surface area contributed by atoms with Gasteiger partial charge in [-0.3, -0.25) is 4.57 Å². The highest BCUT2D eigenvalue weighted by Gasteiger charge is 2.31. The predicted molar refractivity (Wildman–Crippen MR) is 84.4 cm³/mol. The van der Waals surface area contributed by atoms with Crippen molar-refractivity contribution >= 4 is 11.1 Å². The van der Waals surface area contributed by atoms with Gasteiger partial charge in [0, 0.05) is 18.1 Å². The molecule has 2 heterocycles. The van der Waals surface area contributed by atoms with E-state index in [-0.39, 0.29) is 11.4 Å². The third-order valence-electron chi connectivity index (χ3n) is 4.04. The van der Waals surface area contributed by atoms with Crippen molar-refractivity contribution in [3.05, 3.63) is 64.1 Å². The van der Waals surface area contributed by atoms with Crippen molar-refractivity contribution in [1.82, 2.24) is 4.57 Å². The van der Waals surface area contributed by atoms with Crippen molar-refractivity contribution in [3.8, 4) is 5.75 Å². The molecule has 0 spiro atoms. The van der Waals surface area contributed by atoms with Crippen molar-refractivity contribution in [3.63, 3.8) is 0 Å². The summed E-state index contributed by atoms with van der Waals surface area (Å²) in [5, 5.41) is 0. The zero-order valence-electron chi connectivity index (χ0n) is 12.6. The minimum absolute atomic E-state index is 0.203. The van der Waals surface area contributed by atoms with Crippen molar-refractivity contribution in [1.29, 1.82) is 0 Å².